The molecule has 1 aromatic carbocycles. The molecular weight excluding hydrogens is 214 g/mol. The molecule has 0 bridgehead atoms. The third-order valence-electron chi connectivity index (χ3n) is 2.29. The van der Waals surface area contributed by atoms with Crippen LogP contribution in [0, 0.1) is 6.92 Å². The smallest absolute Gasteiger partial charge is 0.298 e. The van der Waals surface area contributed by atoms with Crippen molar-refractivity contribution in [3.63, 3.8) is 0 Å². The number of nitrogens with one attached hydrogen (secondary N) is 1. The summed E-state index contributed by atoms with van der Waals surface area (Å²) in [6.07, 6.45) is 4.08. The maximum absolute atomic E-state index is 10.1. The fourth-order valence-electron chi connectivity index (χ4n) is 1.34. The van der Waals surface area contributed by atoms with Crippen LogP contribution in [0.4, 0.5) is 5.69 Å². The maximum atomic E-state index is 10.1. The molecule has 0 aliphatic carbocycles. The number of rotatable bonds is 5. The normalized spacial score (nSPS) is 8.94. The van der Waals surface area contributed by atoms with Gasteiger partial charge in [-0.15, -0.1) is 0 Å². The van der Waals surface area contributed by atoms with Gasteiger partial charge in [-0.3, -0.25) is 4.79 Å². The molecule has 1 aromatic rings. The van der Waals surface area contributed by atoms with E-state index >= 15 is 0 Å². The van der Waals surface area contributed by atoms with Crippen molar-refractivity contribution in [1.82, 2.24) is 0 Å². The summed E-state index contributed by atoms with van der Waals surface area (Å²) < 4.78 is 4.77. The molecule has 0 spiro atoms. The van der Waals surface area contributed by atoms with Crippen molar-refractivity contribution in [1.29, 1.82) is 0 Å². The van der Waals surface area contributed by atoms with Gasteiger partial charge in [0.2, 0.25) is 0 Å². The van der Waals surface area contributed by atoms with Crippen LogP contribution in [-0.2, 0) is 4.79 Å². The molecule has 0 aliphatic rings. The van der Waals surface area contributed by atoms with Gasteiger partial charge in [0.05, 0.1) is 5.69 Å². The minimum atomic E-state index is 0.426. The van der Waals surface area contributed by atoms with Crippen molar-refractivity contribution in [2.75, 3.05) is 12.4 Å². The van der Waals surface area contributed by atoms with Gasteiger partial charge in [0.15, 0.2) is 5.75 Å². The van der Waals surface area contributed by atoms with E-state index in [9.17, 15) is 4.79 Å². The topological polar surface area (TPSA) is 38.3 Å². The molecule has 0 unspecified atom stereocenters. The number of benzene rings is 1. The summed E-state index contributed by atoms with van der Waals surface area (Å²) >= 11 is 0. The van der Waals surface area contributed by atoms with Gasteiger partial charge < -0.3 is 10.1 Å². The van der Waals surface area contributed by atoms with Crippen molar-refractivity contribution in [2.24, 2.45) is 0 Å². The Morgan fingerprint density at radius 3 is 2.35 bits per heavy atom. The Labute approximate surface area is 104 Å². The minimum Gasteiger partial charge on any atom is -0.427 e. The summed E-state index contributed by atoms with van der Waals surface area (Å²) in [5.41, 5.74) is 1.87. The minimum absolute atomic E-state index is 0.426. The highest BCUT2D eigenvalue weighted by Gasteiger charge is 2.00. The molecule has 0 atom stereocenters. The second-order valence-corrected chi connectivity index (χ2v) is 3.82. The van der Waals surface area contributed by atoms with E-state index in [4.69, 9.17) is 4.74 Å². The number of carbonyl (C=O) groups is 1. The van der Waals surface area contributed by atoms with Gasteiger partial charge in [0.1, 0.15) is 0 Å². The standard InChI is InChI=1S/C9H11NO2.C5H12/c1-7-3-4-8(10-2)9(5-7)12-6-11;1-3-5-4-2/h3-6,10H,1-2H3;3-5H2,1-2H3. The number of hydrogen-bond donors (Lipinski definition) is 1. The van der Waals surface area contributed by atoms with Gasteiger partial charge in [0, 0.05) is 7.05 Å². The van der Waals surface area contributed by atoms with E-state index in [-0.39, 0.29) is 0 Å². The molecule has 96 valence electrons. The molecule has 3 nitrogen and oxygen atoms in total. The zero-order valence-electron chi connectivity index (χ0n) is 11.2. The fraction of sp³-hybridized carbons (Fsp3) is 0.500. The van der Waals surface area contributed by atoms with E-state index in [1.54, 1.807) is 13.1 Å². The molecule has 1 N–H and O–H groups in total. The van der Waals surface area contributed by atoms with Gasteiger partial charge in [-0.25, -0.2) is 0 Å². The van der Waals surface area contributed by atoms with Crippen molar-refractivity contribution in [2.45, 2.75) is 40.0 Å². The van der Waals surface area contributed by atoms with Gasteiger partial charge in [0.25, 0.3) is 6.47 Å². The first-order valence-corrected chi connectivity index (χ1v) is 6.08. The highest BCUT2D eigenvalue weighted by atomic mass is 16.5. The lowest BCUT2D eigenvalue weighted by Gasteiger charge is -2.06. The van der Waals surface area contributed by atoms with Crippen LogP contribution in [-0.4, -0.2) is 13.5 Å². The molecule has 0 heterocycles. The number of carbonyl (C=O) groups excluding carboxylic acids is 1. The van der Waals surface area contributed by atoms with Gasteiger partial charge >= 0.3 is 0 Å². The first-order valence-electron chi connectivity index (χ1n) is 6.08. The molecule has 0 saturated carbocycles. The highest BCUT2D eigenvalue weighted by molar-refractivity contribution is 5.61. The Hall–Kier alpha value is -1.51. The van der Waals surface area contributed by atoms with E-state index in [1.807, 2.05) is 19.1 Å². The van der Waals surface area contributed by atoms with Crippen molar-refractivity contribution < 1.29 is 9.53 Å². The lowest BCUT2D eigenvalue weighted by molar-refractivity contribution is -0.120. The second-order valence-electron chi connectivity index (χ2n) is 3.82. The molecule has 0 aliphatic heterocycles. The molecular formula is C14H23NO2. The Morgan fingerprint density at radius 2 is 1.94 bits per heavy atom. The average molecular weight is 237 g/mol. The number of unbranched alkanes of at least 4 members (excludes halogenated alkanes) is 2. The van der Waals surface area contributed by atoms with E-state index in [2.05, 4.69) is 19.2 Å². The molecule has 0 fully saturated rings. The summed E-state index contributed by atoms with van der Waals surface area (Å²) in [5.74, 6) is 0.563. The largest absolute Gasteiger partial charge is 0.427 e. The zero-order chi connectivity index (χ0) is 13.1. The molecule has 0 saturated heterocycles. The van der Waals surface area contributed by atoms with E-state index in [0.29, 0.717) is 12.2 Å². The second kappa shape index (κ2) is 9.70. The molecule has 3 heteroatoms. The van der Waals surface area contributed by atoms with E-state index in [0.717, 1.165) is 11.3 Å². The quantitative estimate of drug-likeness (QED) is 0.792. The van der Waals surface area contributed by atoms with E-state index < -0.39 is 0 Å². The third-order valence-corrected chi connectivity index (χ3v) is 2.29. The number of aryl methyl sites for hydroxylation is 1. The third kappa shape index (κ3) is 6.61. The Kier molecular flexibility index (Phi) is 8.84. The Bertz CT molecular complexity index is 322. The lowest BCUT2D eigenvalue weighted by Crippen LogP contribution is -1.96. The molecule has 0 amide bonds. The van der Waals surface area contributed by atoms with Crippen LogP contribution in [0.3, 0.4) is 0 Å². The number of anilines is 1. The molecule has 17 heavy (non-hydrogen) atoms. The summed E-state index contributed by atoms with van der Waals surface area (Å²) in [6.45, 7) is 6.79. The average Bonchev–Trinajstić information content (AvgIpc) is 2.32. The van der Waals surface area contributed by atoms with Crippen LogP contribution in [0.25, 0.3) is 0 Å². The fourth-order valence-corrected chi connectivity index (χ4v) is 1.34. The Balaban J connectivity index is 0.000000437. The van der Waals surface area contributed by atoms with Gasteiger partial charge in [-0.2, -0.15) is 0 Å². The van der Waals surface area contributed by atoms with Gasteiger partial charge in [-0.05, 0) is 24.6 Å². The van der Waals surface area contributed by atoms with Crippen LogP contribution in [0.5, 0.6) is 5.75 Å². The monoisotopic (exact) mass is 237 g/mol. The SMILES string of the molecule is CCCCC.CNc1ccc(C)cc1OC=O. The molecule has 0 aromatic heterocycles. The molecule has 1 rings (SSSR count). The summed E-state index contributed by atoms with van der Waals surface area (Å²) in [4.78, 5) is 10.1. The summed E-state index contributed by atoms with van der Waals surface area (Å²) in [5, 5.41) is 2.92. The van der Waals surface area contributed by atoms with Crippen molar-refractivity contribution in [3.05, 3.63) is 23.8 Å². The van der Waals surface area contributed by atoms with Crippen molar-refractivity contribution in [3.8, 4) is 5.75 Å². The highest BCUT2D eigenvalue weighted by Crippen LogP contribution is 2.24. The first kappa shape index (κ1) is 15.5. The number of ether oxygens (including phenoxy) is 1. The summed E-state index contributed by atoms with van der Waals surface area (Å²) in [7, 11) is 1.78. The Morgan fingerprint density at radius 1 is 1.29 bits per heavy atom. The van der Waals surface area contributed by atoms with Crippen LogP contribution < -0.4 is 10.1 Å². The van der Waals surface area contributed by atoms with Gasteiger partial charge in [-0.1, -0.05) is 39.2 Å². The molecule has 0 radical (unpaired) electrons. The summed E-state index contributed by atoms with van der Waals surface area (Å²) in [6, 6.07) is 5.62. The predicted octanol–water partition coefficient (Wildman–Crippen LogP) is 3.77. The van der Waals surface area contributed by atoms with Crippen molar-refractivity contribution >= 4 is 12.2 Å². The zero-order valence-corrected chi connectivity index (χ0v) is 11.2. The predicted molar refractivity (Wildman–Crippen MR) is 72.6 cm³/mol. The lowest BCUT2D eigenvalue weighted by atomic mass is 10.2. The number of hydrogen-bond acceptors (Lipinski definition) is 3. The first-order chi connectivity index (χ1) is 8.19. The van der Waals surface area contributed by atoms with E-state index in [1.165, 1.54) is 19.3 Å². The van der Waals surface area contributed by atoms with Crippen LogP contribution in [0.2, 0.25) is 0 Å². The maximum Gasteiger partial charge on any atom is 0.298 e. The van der Waals surface area contributed by atoms with Crippen LogP contribution in [0.1, 0.15) is 38.7 Å². The van der Waals surface area contributed by atoms with Crippen LogP contribution >= 0.6 is 0 Å². The van der Waals surface area contributed by atoms with Crippen LogP contribution in [0.15, 0.2) is 18.2 Å².